The predicted octanol–water partition coefficient (Wildman–Crippen LogP) is 4.03. The lowest BCUT2D eigenvalue weighted by molar-refractivity contribution is -0.145. The molecule has 0 aliphatic rings. The summed E-state index contributed by atoms with van der Waals surface area (Å²) in [4.78, 5) is 11.4. The van der Waals surface area contributed by atoms with Crippen molar-refractivity contribution in [2.45, 2.75) is 26.4 Å². The highest BCUT2D eigenvalue weighted by molar-refractivity contribution is 6.30. The monoisotopic (exact) mass is 304 g/mol. The number of aliphatic carboxylic acids is 1. The quantitative estimate of drug-likeness (QED) is 0.907. The molecule has 0 aliphatic heterocycles. The third-order valence-corrected chi connectivity index (χ3v) is 3.49. The Morgan fingerprint density at radius 1 is 1.24 bits per heavy atom. The Bertz CT molecular complexity index is 652. The van der Waals surface area contributed by atoms with Crippen molar-refractivity contribution in [3.05, 3.63) is 64.2 Å². The minimum absolute atomic E-state index is 0.315. The molecule has 3 nitrogen and oxygen atoms in total. The molecule has 0 radical (unpaired) electrons. The Hall–Kier alpha value is -2.00. The van der Waals surface area contributed by atoms with Crippen molar-refractivity contribution in [1.29, 1.82) is 0 Å². The van der Waals surface area contributed by atoms with E-state index in [1.54, 1.807) is 24.3 Å². The maximum absolute atomic E-state index is 11.4. The second-order valence-electron chi connectivity index (χ2n) is 5.04. The fourth-order valence-corrected chi connectivity index (χ4v) is 2.28. The van der Waals surface area contributed by atoms with Crippen LogP contribution in [-0.4, -0.2) is 17.2 Å². The van der Waals surface area contributed by atoms with Gasteiger partial charge in [-0.05, 0) is 43.2 Å². The molecule has 2 aromatic carbocycles. The topological polar surface area (TPSA) is 46.5 Å². The summed E-state index contributed by atoms with van der Waals surface area (Å²) < 4.78 is 5.57. The fraction of sp³-hybridized carbons (Fsp3) is 0.235. The average Bonchev–Trinajstić information content (AvgIpc) is 2.42. The minimum atomic E-state index is -0.990. The van der Waals surface area contributed by atoms with Crippen molar-refractivity contribution in [1.82, 2.24) is 0 Å². The van der Waals surface area contributed by atoms with E-state index in [0.29, 0.717) is 17.2 Å². The first kappa shape index (κ1) is 15.4. The van der Waals surface area contributed by atoms with Crippen molar-refractivity contribution in [3.63, 3.8) is 0 Å². The van der Waals surface area contributed by atoms with Crippen molar-refractivity contribution in [2.75, 3.05) is 0 Å². The first-order valence-corrected chi connectivity index (χ1v) is 7.04. The Morgan fingerprint density at radius 3 is 2.67 bits per heavy atom. The molecule has 0 spiro atoms. The van der Waals surface area contributed by atoms with Gasteiger partial charge in [-0.3, -0.25) is 0 Å². The molecular weight excluding hydrogens is 288 g/mol. The molecule has 0 fully saturated rings. The van der Waals surface area contributed by atoms with E-state index in [-0.39, 0.29) is 0 Å². The number of hydrogen-bond acceptors (Lipinski definition) is 2. The van der Waals surface area contributed by atoms with E-state index in [0.717, 1.165) is 16.7 Å². The van der Waals surface area contributed by atoms with Crippen LogP contribution in [0.25, 0.3) is 0 Å². The van der Waals surface area contributed by atoms with Gasteiger partial charge in [0, 0.05) is 11.4 Å². The summed E-state index contributed by atoms with van der Waals surface area (Å²) >= 11 is 5.89. The highest BCUT2D eigenvalue weighted by atomic mass is 35.5. The molecular formula is C17H17ClO3. The first-order chi connectivity index (χ1) is 9.95. The van der Waals surface area contributed by atoms with E-state index in [1.165, 1.54) is 0 Å². The number of carboxylic acids is 1. The number of rotatable bonds is 5. The highest BCUT2D eigenvalue weighted by Gasteiger charge is 2.21. The SMILES string of the molecule is Cc1ccc(C)c(C[C@H](Oc2cccc(Cl)c2)C(=O)O)c1. The van der Waals surface area contributed by atoms with Crippen LogP contribution in [0.1, 0.15) is 16.7 Å². The van der Waals surface area contributed by atoms with Crippen LogP contribution in [0.15, 0.2) is 42.5 Å². The molecule has 0 saturated heterocycles. The van der Waals surface area contributed by atoms with E-state index < -0.39 is 12.1 Å². The van der Waals surface area contributed by atoms with Gasteiger partial charge in [0.1, 0.15) is 5.75 Å². The normalized spacial score (nSPS) is 12.0. The Labute approximate surface area is 129 Å². The van der Waals surface area contributed by atoms with Gasteiger partial charge in [0.05, 0.1) is 0 Å². The lowest BCUT2D eigenvalue weighted by Crippen LogP contribution is -2.29. The number of carboxylic acid groups (broad SMARTS) is 1. The summed E-state index contributed by atoms with van der Waals surface area (Å²) in [6.07, 6.45) is -0.626. The fourth-order valence-electron chi connectivity index (χ4n) is 2.10. The third kappa shape index (κ3) is 4.23. The zero-order chi connectivity index (χ0) is 15.4. The van der Waals surface area contributed by atoms with Gasteiger partial charge in [0.2, 0.25) is 0 Å². The summed E-state index contributed by atoms with van der Waals surface area (Å²) in [6.45, 7) is 3.95. The average molecular weight is 305 g/mol. The lowest BCUT2D eigenvalue weighted by atomic mass is 10.00. The largest absolute Gasteiger partial charge is 0.478 e. The van der Waals surface area contributed by atoms with Gasteiger partial charge < -0.3 is 9.84 Å². The van der Waals surface area contributed by atoms with Gasteiger partial charge in [0.15, 0.2) is 6.10 Å². The molecule has 0 heterocycles. The summed E-state index contributed by atoms with van der Waals surface area (Å²) in [5, 5.41) is 9.88. The molecule has 21 heavy (non-hydrogen) atoms. The molecule has 4 heteroatoms. The first-order valence-electron chi connectivity index (χ1n) is 6.67. The van der Waals surface area contributed by atoms with Crippen LogP contribution in [-0.2, 0) is 11.2 Å². The van der Waals surface area contributed by atoms with E-state index in [4.69, 9.17) is 16.3 Å². The van der Waals surface area contributed by atoms with Gasteiger partial charge >= 0.3 is 5.97 Å². The van der Waals surface area contributed by atoms with E-state index in [9.17, 15) is 9.90 Å². The zero-order valence-corrected chi connectivity index (χ0v) is 12.7. The van der Waals surface area contributed by atoms with Gasteiger partial charge in [0.25, 0.3) is 0 Å². The smallest absolute Gasteiger partial charge is 0.345 e. The number of ether oxygens (including phenoxy) is 1. The van der Waals surface area contributed by atoms with Crippen molar-refractivity contribution < 1.29 is 14.6 Å². The van der Waals surface area contributed by atoms with Crippen LogP contribution >= 0.6 is 11.6 Å². The van der Waals surface area contributed by atoms with Crippen molar-refractivity contribution >= 4 is 17.6 Å². The van der Waals surface area contributed by atoms with Crippen LogP contribution < -0.4 is 4.74 Å². The Morgan fingerprint density at radius 2 is 2.00 bits per heavy atom. The number of hydrogen-bond donors (Lipinski definition) is 1. The van der Waals surface area contributed by atoms with Crippen LogP contribution in [0, 0.1) is 13.8 Å². The number of benzene rings is 2. The van der Waals surface area contributed by atoms with Crippen molar-refractivity contribution in [3.8, 4) is 5.75 Å². The molecule has 0 bridgehead atoms. The van der Waals surface area contributed by atoms with E-state index >= 15 is 0 Å². The lowest BCUT2D eigenvalue weighted by Gasteiger charge is -2.17. The van der Waals surface area contributed by atoms with Crippen LogP contribution in [0.5, 0.6) is 5.75 Å². The number of aryl methyl sites for hydroxylation is 2. The molecule has 0 aromatic heterocycles. The summed E-state index contributed by atoms with van der Waals surface area (Å²) in [5.74, 6) is -0.531. The molecule has 0 saturated carbocycles. The highest BCUT2D eigenvalue weighted by Crippen LogP contribution is 2.21. The predicted molar refractivity (Wildman–Crippen MR) is 83.1 cm³/mol. The molecule has 2 aromatic rings. The maximum Gasteiger partial charge on any atom is 0.345 e. The summed E-state index contributed by atoms with van der Waals surface area (Å²) in [5.41, 5.74) is 3.13. The van der Waals surface area contributed by atoms with Crippen LogP contribution in [0.4, 0.5) is 0 Å². The Kier molecular flexibility index (Phi) is 4.86. The third-order valence-electron chi connectivity index (χ3n) is 3.26. The van der Waals surface area contributed by atoms with Crippen LogP contribution in [0.2, 0.25) is 5.02 Å². The van der Waals surface area contributed by atoms with Crippen LogP contribution in [0.3, 0.4) is 0 Å². The second kappa shape index (κ2) is 6.64. The molecule has 110 valence electrons. The molecule has 0 amide bonds. The molecule has 1 N–H and O–H groups in total. The molecule has 0 unspecified atom stereocenters. The van der Waals surface area contributed by atoms with Gasteiger partial charge in [-0.25, -0.2) is 4.79 Å². The number of halogens is 1. The molecule has 0 aliphatic carbocycles. The summed E-state index contributed by atoms with van der Waals surface area (Å²) in [7, 11) is 0. The molecule has 2 rings (SSSR count). The van der Waals surface area contributed by atoms with Gasteiger partial charge in [-0.2, -0.15) is 0 Å². The summed E-state index contributed by atoms with van der Waals surface area (Å²) in [6, 6.07) is 12.7. The maximum atomic E-state index is 11.4. The standard InChI is InChI=1S/C17H17ClO3/c1-11-6-7-12(2)13(8-11)9-16(17(19)20)21-15-5-3-4-14(18)10-15/h3-8,10,16H,9H2,1-2H3,(H,19,20)/t16-/m0/s1. The van der Waals surface area contributed by atoms with E-state index in [1.807, 2.05) is 32.0 Å². The second-order valence-corrected chi connectivity index (χ2v) is 5.47. The Balaban J connectivity index is 2.20. The minimum Gasteiger partial charge on any atom is -0.478 e. The zero-order valence-electron chi connectivity index (χ0n) is 12.0. The number of carbonyl (C=O) groups is 1. The van der Waals surface area contributed by atoms with E-state index in [2.05, 4.69) is 0 Å². The molecule has 1 atom stereocenters. The van der Waals surface area contributed by atoms with Gasteiger partial charge in [-0.15, -0.1) is 0 Å². The van der Waals surface area contributed by atoms with Crippen molar-refractivity contribution in [2.24, 2.45) is 0 Å². The van der Waals surface area contributed by atoms with Gasteiger partial charge in [-0.1, -0.05) is 41.4 Å².